The van der Waals surface area contributed by atoms with E-state index < -0.39 is 0 Å². The summed E-state index contributed by atoms with van der Waals surface area (Å²) in [4.78, 5) is 13.9. The van der Waals surface area contributed by atoms with E-state index in [1.165, 1.54) is 23.5 Å². The van der Waals surface area contributed by atoms with E-state index in [1.807, 2.05) is 35.7 Å². The highest BCUT2D eigenvalue weighted by atomic mass is 32.2. The van der Waals surface area contributed by atoms with Crippen LogP contribution in [-0.4, -0.2) is 49.1 Å². The molecule has 1 aliphatic rings. The van der Waals surface area contributed by atoms with Crippen molar-refractivity contribution in [2.24, 2.45) is 11.1 Å². The van der Waals surface area contributed by atoms with Crippen molar-refractivity contribution in [1.29, 1.82) is 0 Å². The largest absolute Gasteiger partial charge is 0.484 e. The first kappa shape index (κ1) is 19.5. The summed E-state index contributed by atoms with van der Waals surface area (Å²) >= 11 is 4.01. The van der Waals surface area contributed by atoms with Crippen molar-refractivity contribution in [1.82, 2.24) is 4.90 Å². The molecule has 1 aromatic rings. The molecule has 2 rings (SSSR count). The van der Waals surface area contributed by atoms with E-state index >= 15 is 0 Å². The van der Waals surface area contributed by atoms with Crippen LogP contribution in [0.25, 0.3) is 0 Å². The van der Waals surface area contributed by atoms with Crippen LogP contribution in [0.5, 0.6) is 5.75 Å². The summed E-state index contributed by atoms with van der Waals surface area (Å²) in [6.45, 7) is 5.34. The lowest BCUT2D eigenvalue weighted by atomic mass is 9.93. The molecule has 6 heteroatoms. The van der Waals surface area contributed by atoms with Crippen LogP contribution in [0.3, 0.4) is 0 Å². The number of nitrogens with zero attached hydrogens (tertiary/aromatic N) is 1. The normalized spacial score (nSPS) is 16.0. The van der Waals surface area contributed by atoms with Crippen molar-refractivity contribution in [3.05, 3.63) is 29.8 Å². The second kappa shape index (κ2) is 9.02. The third kappa shape index (κ3) is 5.90. The number of thioether (sulfide) groups is 2. The van der Waals surface area contributed by atoms with E-state index in [0.29, 0.717) is 17.7 Å². The van der Waals surface area contributed by atoms with E-state index in [1.54, 1.807) is 11.9 Å². The quantitative estimate of drug-likeness (QED) is 0.800. The Bertz CT molecular complexity index is 528. The molecule has 0 unspecified atom stereocenters. The van der Waals surface area contributed by atoms with Crippen LogP contribution in [0.15, 0.2) is 24.3 Å². The Balaban J connectivity index is 1.82. The van der Waals surface area contributed by atoms with Crippen LogP contribution in [0.4, 0.5) is 0 Å². The van der Waals surface area contributed by atoms with Gasteiger partial charge in [0.05, 0.1) is 4.58 Å². The van der Waals surface area contributed by atoms with Gasteiger partial charge in [0.2, 0.25) is 0 Å². The third-order valence-corrected chi connectivity index (χ3v) is 7.00. The van der Waals surface area contributed by atoms with Gasteiger partial charge in [-0.05, 0) is 47.6 Å². The van der Waals surface area contributed by atoms with Gasteiger partial charge in [0.25, 0.3) is 5.91 Å². The highest BCUT2D eigenvalue weighted by Crippen LogP contribution is 2.43. The van der Waals surface area contributed by atoms with Crippen LogP contribution in [0.1, 0.15) is 30.4 Å². The van der Waals surface area contributed by atoms with Gasteiger partial charge < -0.3 is 15.4 Å². The molecule has 1 heterocycles. The molecule has 0 saturated carbocycles. The van der Waals surface area contributed by atoms with Gasteiger partial charge in [-0.25, -0.2) is 0 Å². The van der Waals surface area contributed by atoms with E-state index in [9.17, 15) is 4.79 Å². The van der Waals surface area contributed by atoms with Gasteiger partial charge >= 0.3 is 0 Å². The lowest BCUT2D eigenvalue weighted by molar-refractivity contribution is -0.133. The van der Waals surface area contributed by atoms with Gasteiger partial charge in [-0.2, -0.15) is 0 Å². The van der Waals surface area contributed by atoms with Crippen LogP contribution in [0, 0.1) is 5.41 Å². The Morgan fingerprint density at radius 2 is 1.92 bits per heavy atom. The molecule has 1 aromatic carbocycles. The summed E-state index contributed by atoms with van der Waals surface area (Å²) in [5, 5.41) is 0. The maximum atomic E-state index is 12.2. The molecule has 4 nitrogen and oxygen atoms in total. The molecule has 1 fully saturated rings. The fourth-order valence-corrected chi connectivity index (χ4v) is 5.35. The van der Waals surface area contributed by atoms with Crippen molar-refractivity contribution >= 4 is 29.4 Å². The van der Waals surface area contributed by atoms with Gasteiger partial charge in [-0.1, -0.05) is 26.0 Å². The Labute approximate surface area is 153 Å². The predicted molar refractivity (Wildman–Crippen MR) is 105 cm³/mol. The zero-order valence-electron chi connectivity index (χ0n) is 14.8. The second-order valence-electron chi connectivity index (χ2n) is 6.90. The monoisotopic (exact) mass is 368 g/mol. The molecule has 1 saturated heterocycles. The van der Waals surface area contributed by atoms with Crippen LogP contribution in [0.2, 0.25) is 0 Å². The first-order chi connectivity index (χ1) is 11.4. The smallest absolute Gasteiger partial charge is 0.260 e. The van der Waals surface area contributed by atoms with Crippen molar-refractivity contribution < 1.29 is 9.53 Å². The number of hydrogen-bond acceptors (Lipinski definition) is 5. The summed E-state index contributed by atoms with van der Waals surface area (Å²) in [6.07, 6.45) is 1.30. The number of nitrogens with two attached hydrogens (primary N) is 1. The van der Waals surface area contributed by atoms with E-state index in [4.69, 9.17) is 10.5 Å². The van der Waals surface area contributed by atoms with Crippen molar-refractivity contribution in [2.45, 2.75) is 24.9 Å². The van der Waals surface area contributed by atoms with Gasteiger partial charge in [-0.3, -0.25) is 4.79 Å². The van der Waals surface area contributed by atoms with Crippen molar-refractivity contribution in [3.63, 3.8) is 0 Å². The number of benzene rings is 1. The number of rotatable bonds is 7. The molecule has 0 aromatic heterocycles. The summed E-state index contributed by atoms with van der Waals surface area (Å²) in [6, 6.07) is 8.14. The summed E-state index contributed by atoms with van der Waals surface area (Å²) in [7, 11) is 1.80. The van der Waals surface area contributed by atoms with E-state index in [-0.39, 0.29) is 17.9 Å². The fraction of sp³-hybridized carbons (Fsp3) is 0.611. The van der Waals surface area contributed by atoms with E-state index in [0.717, 1.165) is 5.75 Å². The molecular formula is C18H28N2O2S2. The van der Waals surface area contributed by atoms with Crippen molar-refractivity contribution in [3.8, 4) is 5.75 Å². The fourth-order valence-electron chi connectivity index (χ4n) is 2.45. The molecular weight excluding hydrogens is 340 g/mol. The van der Waals surface area contributed by atoms with Crippen LogP contribution >= 0.6 is 23.5 Å². The molecule has 1 aliphatic heterocycles. The maximum Gasteiger partial charge on any atom is 0.260 e. The summed E-state index contributed by atoms with van der Waals surface area (Å²) in [5.74, 6) is 3.18. The summed E-state index contributed by atoms with van der Waals surface area (Å²) in [5.41, 5.74) is 6.97. The third-order valence-electron chi connectivity index (χ3n) is 3.99. The topological polar surface area (TPSA) is 55.6 Å². The second-order valence-corrected chi connectivity index (χ2v) is 9.63. The van der Waals surface area contributed by atoms with Crippen LogP contribution in [-0.2, 0) is 4.79 Å². The number of ether oxygens (including phenoxy) is 1. The minimum Gasteiger partial charge on any atom is -0.484 e. The number of carbonyl (C=O) groups excluding carboxylic acids is 1. The molecule has 1 amide bonds. The highest BCUT2D eigenvalue weighted by molar-refractivity contribution is 8.16. The zero-order valence-corrected chi connectivity index (χ0v) is 16.4. The number of likely N-dealkylation sites (N-methyl/N-ethyl adjacent to an activating group) is 1. The number of carbonyl (C=O) groups is 1. The van der Waals surface area contributed by atoms with Gasteiger partial charge in [0, 0.05) is 13.6 Å². The SMILES string of the molecule is CN(CC(C)(C)CN)C(=O)COc1ccc(C2SCCCS2)cc1. The first-order valence-electron chi connectivity index (χ1n) is 8.31. The maximum absolute atomic E-state index is 12.2. The van der Waals surface area contributed by atoms with Crippen LogP contribution < -0.4 is 10.5 Å². The minimum atomic E-state index is -0.0820. The molecule has 134 valence electrons. The lowest BCUT2D eigenvalue weighted by Crippen LogP contribution is -2.41. The number of amides is 1. The molecule has 0 radical (unpaired) electrons. The average molecular weight is 369 g/mol. The molecule has 0 atom stereocenters. The standard InChI is InChI=1S/C18H28N2O2S2/c1-18(2,12-19)13-20(3)16(21)11-22-15-7-5-14(6-8-15)17-23-9-4-10-24-17/h5-8,17H,4,9-13,19H2,1-3H3. The Morgan fingerprint density at radius 1 is 1.29 bits per heavy atom. The lowest BCUT2D eigenvalue weighted by Gasteiger charge is -2.29. The first-order valence-corrected chi connectivity index (χ1v) is 10.4. The molecule has 0 aliphatic carbocycles. The molecule has 2 N–H and O–H groups in total. The Kier molecular flexibility index (Phi) is 7.32. The van der Waals surface area contributed by atoms with Gasteiger partial charge in [0.1, 0.15) is 5.75 Å². The predicted octanol–water partition coefficient (Wildman–Crippen LogP) is 3.38. The van der Waals surface area contributed by atoms with E-state index in [2.05, 4.69) is 26.0 Å². The Hall–Kier alpha value is -0.850. The highest BCUT2D eigenvalue weighted by Gasteiger charge is 2.21. The molecule has 0 bridgehead atoms. The summed E-state index contributed by atoms with van der Waals surface area (Å²) < 4.78 is 6.17. The average Bonchev–Trinajstić information content (AvgIpc) is 2.60. The van der Waals surface area contributed by atoms with Gasteiger partial charge in [0.15, 0.2) is 6.61 Å². The van der Waals surface area contributed by atoms with Crippen molar-refractivity contribution in [2.75, 3.05) is 38.2 Å². The molecule has 0 spiro atoms. The molecule has 24 heavy (non-hydrogen) atoms. The Morgan fingerprint density at radius 3 is 2.50 bits per heavy atom. The zero-order chi connectivity index (χ0) is 17.6. The number of hydrogen-bond donors (Lipinski definition) is 1. The minimum absolute atomic E-state index is 0.0287. The van der Waals surface area contributed by atoms with Gasteiger partial charge in [-0.15, -0.1) is 23.5 Å².